The average molecular weight is 128 g/mol. The van der Waals surface area contributed by atoms with Crippen LogP contribution >= 0.6 is 12.2 Å². The van der Waals surface area contributed by atoms with E-state index >= 15 is 0 Å². The standard InChI is InChI=1S/C7H12S/c1-6(2)7(3)4-5-8/h4-6H,1-3H3. The van der Waals surface area contributed by atoms with Crippen LogP contribution in [0.4, 0.5) is 0 Å². The lowest BCUT2D eigenvalue weighted by atomic mass is 10.1. The maximum atomic E-state index is 4.65. The normalized spacial score (nSPS) is 12.2. The van der Waals surface area contributed by atoms with E-state index in [2.05, 4.69) is 33.0 Å². The molecule has 0 spiro atoms. The van der Waals surface area contributed by atoms with E-state index in [1.54, 1.807) is 5.37 Å². The molecule has 8 heavy (non-hydrogen) atoms. The van der Waals surface area contributed by atoms with Gasteiger partial charge in [0.1, 0.15) is 0 Å². The van der Waals surface area contributed by atoms with Crippen LogP contribution < -0.4 is 0 Å². The molecule has 0 saturated heterocycles. The summed E-state index contributed by atoms with van der Waals surface area (Å²) in [7, 11) is 0. The first-order chi connectivity index (χ1) is 3.68. The van der Waals surface area contributed by atoms with Crippen LogP contribution in [0.1, 0.15) is 20.8 Å². The molecule has 0 bridgehead atoms. The fourth-order valence-corrected chi connectivity index (χ4v) is 0.514. The van der Waals surface area contributed by atoms with Crippen molar-refractivity contribution in [1.82, 2.24) is 0 Å². The molecule has 0 N–H and O–H groups in total. The molecule has 0 aromatic heterocycles. The molecule has 0 aromatic rings. The minimum atomic E-state index is 0.634. The Labute approximate surface area is 56.6 Å². The lowest BCUT2D eigenvalue weighted by Gasteiger charge is -2.00. The van der Waals surface area contributed by atoms with E-state index in [9.17, 15) is 0 Å². The summed E-state index contributed by atoms with van der Waals surface area (Å²) in [4.78, 5) is 0. The number of hydrogen-bond donors (Lipinski definition) is 0. The van der Waals surface area contributed by atoms with Crippen LogP contribution in [-0.4, -0.2) is 5.37 Å². The zero-order valence-electron chi connectivity index (χ0n) is 5.64. The van der Waals surface area contributed by atoms with Crippen LogP contribution in [0.5, 0.6) is 0 Å². The topological polar surface area (TPSA) is 0 Å². The van der Waals surface area contributed by atoms with Crippen molar-refractivity contribution < 1.29 is 0 Å². The van der Waals surface area contributed by atoms with Gasteiger partial charge in [-0.1, -0.05) is 37.7 Å². The number of hydrogen-bond acceptors (Lipinski definition) is 1. The van der Waals surface area contributed by atoms with E-state index in [1.165, 1.54) is 5.57 Å². The van der Waals surface area contributed by atoms with Crippen LogP contribution in [0.3, 0.4) is 0 Å². The molecule has 0 radical (unpaired) electrons. The Kier molecular flexibility index (Phi) is 3.71. The second-order valence-corrected chi connectivity index (χ2v) is 2.47. The average Bonchev–Trinajstić information content (AvgIpc) is 1.67. The van der Waals surface area contributed by atoms with Gasteiger partial charge in [0.2, 0.25) is 0 Å². The molecule has 0 aliphatic heterocycles. The van der Waals surface area contributed by atoms with E-state index in [0.29, 0.717) is 5.92 Å². The van der Waals surface area contributed by atoms with Gasteiger partial charge >= 0.3 is 0 Å². The maximum absolute atomic E-state index is 4.65. The third-order valence-corrected chi connectivity index (χ3v) is 1.38. The number of thiocarbonyl (C=S) groups is 1. The number of rotatable bonds is 2. The maximum Gasteiger partial charge on any atom is 0.00130 e. The van der Waals surface area contributed by atoms with Crippen molar-refractivity contribution >= 4 is 17.6 Å². The highest BCUT2D eigenvalue weighted by molar-refractivity contribution is 7.79. The summed E-state index contributed by atoms with van der Waals surface area (Å²) in [5, 5.41) is 1.66. The van der Waals surface area contributed by atoms with E-state index in [4.69, 9.17) is 0 Å². The SMILES string of the molecule is CC(=CC=S)C(C)C. The molecule has 0 aromatic carbocycles. The highest BCUT2D eigenvalue weighted by atomic mass is 32.1. The number of allylic oxidation sites excluding steroid dienone is 2. The molecule has 0 unspecified atom stereocenters. The Morgan fingerprint density at radius 3 is 2.12 bits per heavy atom. The lowest BCUT2D eigenvalue weighted by Crippen LogP contribution is -1.87. The van der Waals surface area contributed by atoms with Gasteiger partial charge in [0.05, 0.1) is 0 Å². The van der Waals surface area contributed by atoms with Crippen LogP contribution in [0, 0.1) is 5.92 Å². The highest BCUT2D eigenvalue weighted by Gasteiger charge is 1.91. The van der Waals surface area contributed by atoms with Gasteiger partial charge in [0, 0.05) is 5.37 Å². The minimum Gasteiger partial charge on any atom is -0.0887 e. The van der Waals surface area contributed by atoms with Gasteiger partial charge in [-0.05, 0) is 12.8 Å². The molecule has 0 atom stereocenters. The molecule has 0 rings (SSSR count). The lowest BCUT2D eigenvalue weighted by molar-refractivity contribution is 0.771. The van der Waals surface area contributed by atoms with Crippen molar-refractivity contribution in [3.8, 4) is 0 Å². The van der Waals surface area contributed by atoms with Gasteiger partial charge in [-0.25, -0.2) is 0 Å². The molecular formula is C7H12S. The molecule has 0 fully saturated rings. The summed E-state index contributed by atoms with van der Waals surface area (Å²) in [5.41, 5.74) is 1.35. The third-order valence-electron chi connectivity index (χ3n) is 1.24. The predicted molar refractivity (Wildman–Crippen MR) is 42.3 cm³/mol. The Morgan fingerprint density at radius 1 is 1.50 bits per heavy atom. The Bertz CT molecular complexity index is 101. The van der Waals surface area contributed by atoms with E-state index < -0.39 is 0 Å². The molecule has 1 heteroatoms. The molecule has 0 heterocycles. The molecule has 46 valence electrons. The van der Waals surface area contributed by atoms with Crippen LogP contribution in [0.25, 0.3) is 0 Å². The van der Waals surface area contributed by atoms with E-state index in [-0.39, 0.29) is 0 Å². The third kappa shape index (κ3) is 2.92. The molecular weight excluding hydrogens is 116 g/mol. The highest BCUT2D eigenvalue weighted by Crippen LogP contribution is 2.05. The second-order valence-electron chi connectivity index (χ2n) is 2.20. The van der Waals surface area contributed by atoms with Crippen molar-refractivity contribution in [2.24, 2.45) is 5.92 Å². The summed E-state index contributed by atoms with van der Waals surface area (Å²) in [6.45, 7) is 6.41. The fraction of sp³-hybridized carbons (Fsp3) is 0.571. The first-order valence-corrected chi connectivity index (χ1v) is 3.27. The van der Waals surface area contributed by atoms with Gasteiger partial charge in [-0.3, -0.25) is 0 Å². The first-order valence-electron chi connectivity index (χ1n) is 2.80. The molecule has 0 nitrogen and oxygen atoms in total. The summed E-state index contributed by atoms with van der Waals surface area (Å²) in [6, 6.07) is 0. The van der Waals surface area contributed by atoms with Gasteiger partial charge in [0.15, 0.2) is 0 Å². The van der Waals surface area contributed by atoms with Crippen LogP contribution in [0.2, 0.25) is 0 Å². The van der Waals surface area contributed by atoms with E-state index in [0.717, 1.165) is 0 Å². The summed E-state index contributed by atoms with van der Waals surface area (Å²) in [5.74, 6) is 0.634. The van der Waals surface area contributed by atoms with Crippen molar-refractivity contribution in [2.75, 3.05) is 0 Å². The van der Waals surface area contributed by atoms with E-state index in [1.807, 2.05) is 6.08 Å². The molecule has 0 aliphatic rings. The second kappa shape index (κ2) is 3.79. The van der Waals surface area contributed by atoms with Crippen molar-refractivity contribution in [3.63, 3.8) is 0 Å². The minimum absolute atomic E-state index is 0.634. The van der Waals surface area contributed by atoms with Crippen molar-refractivity contribution in [1.29, 1.82) is 0 Å². The summed E-state index contributed by atoms with van der Waals surface area (Å²) in [6.07, 6.45) is 1.97. The summed E-state index contributed by atoms with van der Waals surface area (Å²) >= 11 is 4.65. The van der Waals surface area contributed by atoms with Crippen molar-refractivity contribution in [2.45, 2.75) is 20.8 Å². The van der Waals surface area contributed by atoms with Gasteiger partial charge in [-0.15, -0.1) is 0 Å². The summed E-state index contributed by atoms with van der Waals surface area (Å²) < 4.78 is 0. The monoisotopic (exact) mass is 128 g/mol. The first kappa shape index (κ1) is 7.83. The van der Waals surface area contributed by atoms with Crippen LogP contribution in [0.15, 0.2) is 11.6 Å². The Balaban J connectivity index is 3.78. The Hall–Kier alpha value is -0.170. The molecule has 0 saturated carbocycles. The molecule has 0 amide bonds. The van der Waals surface area contributed by atoms with Crippen molar-refractivity contribution in [3.05, 3.63) is 11.6 Å². The Morgan fingerprint density at radius 2 is 2.00 bits per heavy atom. The smallest absolute Gasteiger partial charge is 0.00130 e. The van der Waals surface area contributed by atoms with Gasteiger partial charge < -0.3 is 0 Å². The van der Waals surface area contributed by atoms with Gasteiger partial charge in [0.25, 0.3) is 0 Å². The zero-order chi connectivity index (χ0) is 6.57. The molecule has 0 aliphatic carbocycles. The quantitative estimate of drug-likeness (QED) is 0.407. The fourth-order valence-electron chi connectivity index (χ4n) is 0.300. The van der Waals surface area contributed by atoms with Gasteiger partial charge in [-0.2, -0.15) is 0 Å². The zero-order valence-corrected chi connectivity index (χ0v) is 6.46. The van der Waals surface area contributed by atoms with Crippen LogP contribution in [-0.2, 0) is 0 Å². The largest absolute Gasteiger partial charge is 0.0887 e. The predicted octanol–water partition coefficient (Wildman–Crippen LogP) is 2.59.